The number of carbonyl (C=O) groups excluding carboxylic acids is 1. The Morgan fingerprint density at radius 1 is 1.26 bits per heavy atom. The Morgan fingerprint density at radius 2 is 2.07 bits per heavy atom. The van der Waals surface area contributed by atoms with Gasteiger partial charge in [0.25, 0.3) is 5.91 Å². The molecule has 0 atom stereocenters. The zero-order chi connectivity index (χ0) is 19.0. The number of benzene rings is 1. The minimum Gasteiger partial charge on any atom is -0.349 e. The lowest BCUT2D eigenvalue weighted by atomic mass is 10.0. The van der Waals surface area contributed by atoms with E-state index in [4.69, 9.17) is 11.6 Å². The summed E-state index contributed by atoms with van der Waals surface area (Å²) in [5.41, 5.74) is 2.80. The van der Waals surface area contributed by atoms with Crippen molar-refractivity contribution in [2.45, 2.75) is 38.6 Å². The molecule has 8 heteroatoms. The van der Waals surface area contributed by atoms with Gasteiger partial charge in [-0.25, -0.2) is 0 Å². The molecule has 1 aromatic carbocycles. The summed E-state index contributed by atoms with van der Waals surface area (Å²) in [6.07, 6.45) is 3.65. The molecule has 27 heavy (non-hydrogen) atoms. The van der Waals surface area contributed by atoms with Gasteiger partial charge in [0.1, 0.15) is 0 Å². The fraction of sp³-hybridized carbons (Fsp3) is 0.316. The number of tetrazole rings is 1. The number of hydrogen-bond donors (Lipinski definition) is 1. The average Bonchev–Trinajstić information content (AvgIpc) is 3.32. The van der Waals surface area contributed by atoms with E-state index < -0.39 is 0 Å². The molecular formula is C19H19ClN6O. The smallest absolute Gasteiger partial charge is 0.251 e. The van der Waals surface area contributed by atoms with Gasteiger partial charge < -0.3 is 5.32 Å². The summed E-state index contributed by atoms with van der Waals surface area (Å²) in [5, 5.41) is 15.6. The molecule has 1 saturated carbocycles. The van der Waals surface area contributed by atoms with Crippen molar-refractivity contribution in [3.05, 3.63) is 52.9 Å². The zero-order valence-electron chi connectivity index (χ0n) is 15.1. The quantitative estimate of drug-likeness (QED) is 0.731. The van der Waals surface area contributed by atoms with Gasteiger partial charge in [0.05, 0.1) is 16.4 Å². The van der Waals surface area contributed by atoms with Crippen LogP contribution in [0.2, 0.25) is 5.02 Å². The third-order valence-electron chi connectivity index (χ3n) is 4.37. The Morgan fingerprint density at radius 3 is 2.74 bits per heavy atom. The first-order valence-electron chi connectivity index (χ1n) is 8.88. The summed E-state index contributed by atoms with van der Waals surface area (Å²) >= 11 is 5.96. The molecule has 0 saturated heterocycles. The summed E-state index contributed by atoms with van der Waals surface area (Å²) in [4.78, 5) is 17.0. The SMILES string of the molecule is CC(C)c1nnnn1-c1cc(C(=O)NC2CC2)cc(-c2ccc(Cl)cn2)c1. The molecule has 1 aliphatic carbocycles. The normalized spacial score (nSPS) is 13.8. The number of aromatic nitrogens is 5. The van der Waals surface area contributed by atoms with E-state index in [0.717, 1.165) is 35.6 Å². The van der Waals surface area contributed by atoms with Crippen LogP contribution in [0.5, 0.6) is 0 Å². The minimum absolute atomic E-state index is 0.103. The Balaban J connectivity index is 1.81. The van der Waals surface area contributed by atoms with Crippen molar-refractivity contribution in [3.8, 4) is 16.9 Å². The molecule has 0 spiro atoms. The first-order valence-corrected chi connectivity index (χ1v) is 9.25. The monoisotopic (exact) mass is 382 g/mol. The van der Waals surface area contributed by atoms with Gasteiger partial charge >= 0.3 is 0 Å². The molecule has 0 aliphatic heterocycles. The zero-order valence-corrected chi connectivity index (χ0v) is 15.8. The first kappa shape index (κ1) is 17.6. The molecule has 1 N–H and O–H groups in total. The molecule has 3 aromatic rings. The molecular weight excluding hydrogens is 364 g/mol. The summed E-state index contributed by atoms with van der Waals surface area (Å²) in [7, 11) is 0. The molecule has 2 aromatic heterocycles. The third kappa shape index (κ3) is 3.83. The minimum atomic E-state index is -0.103. The Hall–Kier alpha value is -2.80. The molecule has 1 fully saturated rings. The van der Waals surface area contributed by atoms with Crippen LogP contribution >= 0.6 is 11.6 Å². The second-order valence-electron chi connectivity index (χ2n) is 6.98. The van der Waals surface area contributed by atoms with E-state index in [1.165, 1.54) is 0 Å². The van der Waals surface area contributed by atoms with Crippen molar-refractivity contribution >= 4 is 17.5 Å². The largest absolute Gasteiger partial charge is 0.349 e. The first-order chi connectivity index (χ1) is 13.0. The lowest BCUT2D eigenvalue weighted by Gasteiger charge is -2.12. The van der Waals surface area contributed by atoms with Crippen LogP contribution in [-0.2, 0) is 0 Å². The number of carbonyl (C=O) groups is 1. The van der Waals surface area contributed by atoms with Crippen molar-refractivity contribution in [2.75, 3.05) is 0 Å². The standard InChI is InChI=1S/C19H19ClN6O/c1-11(2)18-23-24-25-26(18)16-8-12(17-6-3-14(20)10-21-17)7-13(9-16)19(27)22-15-4-5-15/h3,6-11,15H,4-5H2,1-2H3,(H,22,27). The number of halogens is 1. The van der Waals surface area contributed by atoms with E-state index >= 15 is 0 Å². The highest BCUT2D eigenvalue weighted by Gasteiger charge is 2.24. The number of amides is 1. The predicted molar refractivity (Wildman–Crippen MR) is 102 cm³/mol. The summed E-state index contributed by atoms with van der Waals surface area (Å²) < 4.78 is 1.66. The van der Waals surface area contributed by atoms with Crippen LogP contribution in [0, 0.1) is 0 Å². The van der Waals surface area contributed by atoms with E-state index in [1.54, 1.807) is 23.0 Å². The average molecular weight is 383 g/mol. The molecule has 7 nitrogen and oxygen atoms in total. The summed E-state index contributed by atoms with van der Waals surface area (Å²) in [6, 6.07) is 9.43. The molecule has 2 heterocycles. The van der Waals surface area contributed by atoms with Gasteiger partial charge in [-0.05, 0) is 53.6 Å². The number of rotatable bonds is 5. The summed E-state index contributed by atoms with van der Waals surface area (Å²) in [6.45, 7) is 4.04. The van der Waals surface area contributed by atoms with Gasteiger partial charge in [-0.2, -0.15) is 4.68 Å². The van der Waals surface area contributed by atoms with E-state index in [9.17, 15) is 4.79 Å². The fourth-order valence-electron chi connectivity index (χ4n) is 2.79. The van der Waals surface area contributed by atoms with Gasteiger partial charge in [0.2, 0.25) is 0 Å². The number of hydrogen-bond acceptors (Lipinski definition) is 5. The summed E-state index contributed by atoms with van der Waals surface area (Å²) in [5.74, 6) is 0.763. The third-order valence-corrected chi connectivity index (χ3v) is 4.59. The van der Waals surface area contributed by atoms with Crippen LogP contribution in [-0.4, -0.2) is 37.1 Å². The van der Waals surface area contributed by atoms with E-state index in [-0.39, 0.29) is 17.9 Å². The fourth-order valence-corrected chi connectivity index (χ4v) is 2.91. The molecule has 138 valence electrons. The highest BCUT2D eigenvalue weighted by molar-refractivity contribution is 6.30. The van der Waals surface area contributed by atoms with Gasteiger partial charge in [0.15, 0.2) is 5.82 Å². The lowest BCUT2D eigenvalue weighted by Crippen LogP contribution is -2.25. The highest BCUT2D eigenvalue weighted by Crippen LogP contribution is 2.26. The molecule has 0 bridgehead atoms. The van der Waals surface area contributed by atoms with E-state index in [2.05, 4.69) is 25.8 Å². The van der Waals surface area contributed by atoms with Crippen LogP contribution in [0.3, 0.4) is 0 Å². The van der Waals surface area contributed by atoms with Crippen molar-refractivity contribution in [2.24, 2.45) is 0 Å². The van der Waals surface area contributed by atoms with Gasteiger partial charge in [-0.1, -0.05) is 25.4 Å². The van der Waals surface area contributed by atoms with Gasteiger partial charge in [0, 0.05) is 29.3 Å². The van der Waals surface area contributed by atoms with E-state index in [0.29, 0.717) is 10.6 Å². The number of nitrogens with zero attached hydrogens (tertiary/aromatic N) is 5. The second-order valence-corrected chi connectivity index (χ2v) is 7.42. The maximum absolute atomic E-state index is 12.7. The van der Waals surface area contributed by atoms with E-state index in [1.807, 2.05) is 32.0 Å². The topological polar surface area (TPSA) is 85.6 Å². The van der Waals surface area contributed by atoms with Crippen LogP contribution in [0.4, 0.5) is 0 Å². The molecule has 4 rings (SSSR count). The Labute approximate surface area is 161 Å². The Kier molecular flexibility index (Phi) is 4.61. The lowest BCUT2D eigenvalue weighted by molar-refractivity contribution is 0.0951. The molecule has 0 radical (unpaired) electrons. The highest BCUT2D eigenvalue weighted by atomic mass is 35.5. The molecule has 0 unspecified atom stereocenters. The van der Waals surface area contributed by atoms with Crippen molar-refractivity contribution in [1.82, 2.24) is 30.5 Å². The number of nitrogens with one attached hydrogen (secondary N) is 1. The van der Waals surface area contributed by atoms with Crippen molar-refractivity contribution in [3.63, 3.8) is 0 Å². The van der Waals surface area contributed by atoms with Crippen LogP contribution in [0.1, 0.15) is 48.8 Å². The maximum Gasteiger partial charge on any atom is 0.251 e. The Bertz CT molecular complexity index is 978. The van der Waals surface area contributed by atoms with Crippen molar-refractivity contribution < 1.29 is 4.79 Å². The number of pyridine rings is 1. The van der Waals surface area contributed by atoms with Gasteiger partial charge in [-0.15, -0.1) is 5.10 Å². The molecule has 1 amide bonds. The second kappa shape index (κ2) is 7.08. The van der Waals surface area contributed by atoms with Crippen LogP contribution in [0.15, 0.2) is 36.5 Å². The maximum atomic E-state index is 12.7. The molecule has 1 aliphatic rings. The van der Waals surface area contributed by atoms with Crippen LogP contribution in [0.25, 0.3) is 16.9 Å². The van der Waals surface area contributed by atoms with Gasteiger partial charge in [-0.3, -0.25) is 9.78 Å². The predicted octanol–water partition coefficient (Wildman–Crippen LogP) is 3.39. The van der Waals surface area contributed by atoms with Crippen LogP contribution < -0.4 is 5.32 Å². The van der Waals surface area contributed by atoms with Crippen molar-refractivity contribution in [1.29, 1.82) is 0 Å².